The number of nitrogens with zero attached hydrogens (tertiary/aromatic N) is 1. The minimum atomic E-state index is -0.282. The summed E-state index contributed by atoms with van der Waals surface area (Å²) in [5.41, 5.74) is 0.486. The van der Waals surface area contributed by atoms with E-state index in [-0.39, 0.29) is 24.4 Å². The molecular weight excluding hydrogens is 300 g/mol. The Bertz CT molecular complexity index is 529. The molecule has 1 aromatic heterocycles. The molecule has 0 unspecified atom stereocenters. The van der Waals surface area contributed by atoms with Crippen LogP contribution in [0.1, 0.15) is 36.0 Å². The summed E-state index contributed by atoms with van der Waals surface area (Å²) in [7, 11) is 1.35. The highest BCUT2D eigenvalue weighted by Gasteiger charge is 2.16. The van der Waals surface area contributed by atoms with Gasteiger partial charge in [0.1, 0.15) is 6.10 Å². The van der Waals surface area contributed by atoms with Crippen molar-refractivity contribution in [3.63, 3.8) is 0 Å². The summed E-state index contributed by atoms with van der Waals surface area (Å²) in [4.78, 5) is 27.2. The maximum absolute atomic E-state index is 12.1. The Kier molecular flexibility index (Phi) is 6.80. The van der Waals surface area contributed by atoms with Crippen molar-refractivity contribution in [1.29, 1.82) is 0 Å². The molecule has 1 aliphatic heterocycles. The average molecular weight is 322 g/mol. The number of hydrogen-bond donors (Lipinski definition) is 1. The van der Waals surface area contributed by atoms with Gasteiger partial charge in [-0.1, -0.05) is 0 Å². The third-order valence-electron chi connectivity index (χ3n) is 3.52. The Hall–Kier alpha value is -2.15. The van der Waals surface area contributed by atoms with Gasteiger partial charge in [-0.2, -0.15) is 0 Å². The van der Waals surface area contributed by atoms with Gasteiger partial charge in [-0.3, -0.25) is 9.59 Å². The second kappa shape index (κ2) is 9.09. The normalized spacial score (nSPS) is 15.0. The van der Waals surface area contributed by atoms with E-state index in [0.29, 0.717) is 37.6 Å². The molecule has 0 atom stereocenters. The third-order valence-corrected chi connectivity index (χ3v) is 3.52. The van der Waals surface area contributed by atoms with E-state index in [4.69, 9.17) is 9.47 Å². The van der Waals surface area contributed by atoms with Crippen molar-refractivity contribution in [2.45, 2.75) is 31.8 Å². The number of nitrogens with one attached hydrogen (secondary N) is 1. The number of esters is 1. The van der Waals surface area contributed by atoms with Crippen LogP contribution in [-0.2, 0) is 14.3 Å². The molecule has 2 rings (SSSR count). The Morgan fingerprint density at radius 1 is 1.39 bits per heavy atom. The van der Waals surface area contributed by atoms with Crippen LogP contribution in [0.25, 0.3) is 0 Å². The predicted molar refractivity (Wildman–Crippen MR) is 82.3 cm³/mol. The van der Waals surface area contributed by atoms with Gasteiger partial charge in [-0.05, 0) is 12.5 Å². The molecule has 1 aromatic rings. The molecule has 0 aromatic carbocycles. The van der Waals surface area contributed by atoms with E-state index in [1.165, 1.54) is 7.11 Å². The number of carbonyl (C=O) groups is 2. The zero-order chi connectivity index (χ0) is 16.5. The number of pyridine rings is 1. The highest BCUT2D eigenvalue weighted by molar-refractivity contribution is 5.94. The first-order valence-corrected chi connectivity index (χ1v) is 7.74. The minimum absolute atomic E-state index is 0.0783. The number of ether oxygens (including phenoxy) is 3. The second-order valence-corrected chi connectivity index (χ2v) is 5.25. The lowest BCUT2D eigenvalue weighted by atomic mass is 10.1. The molecular formula is C16H22N2O5. The van der Waals surface area contributed by atoms with Crippen LogP contribution >= 0.6 is 0 Å². The molecule has 1 aliphatic rings. The molecule has 0 aliphatic carbocycles. The average Bonchev–Trinajstić information content (AvgIpc) is 2.59. The summed E-state index contributed by atoms with van der Waals surface area (Å²) in [5, 5.41) is 2.76. The fraction of sp³-hybridized carbons (Fsp3) is 0.562. The van der Waals surface area contributed by atoms with Crippen LogP contribution in [0.2, 0.25) is 0 Å². The molecule has 1 saturated heterocycles. The third kappa shape index (κ3) is 5.86. The number of aromatic nitrogens is 1. The van der Waals surface area contributed by atoms with Crippen molar-refractivity contribution in [1.82, 2.24) is 10.3 Å². The van der Waals surface area contributed by atoms with Crippen molar-refractivity contribution in [3.8, 4) is 5.88 Å². The molecule has 1 amide bonds. The van der Waals surface area contributed by atoms with Crippen molar-refractivity contribution in [2.75, 3.05) is 26.9 Å². The van der Waals surface area contributed by atoms with Gasteiger partial charge < -0.3 is 19.5 Å². The molecule has 2 heterocycles. The zero-order valence-corrected chi connectivity index (χ0v) is 13.2. The zero-order valence-electron chi connectivity index (χ0n) is 13.2. The van der Waals surface area contributed by atoms with Crippen molar-refractivity contribution in [3.05, 3.63) is 23.9 Å². The highest BCUT2D eigenvalue weighted by atomic mass is 16.5. The molecule has 0 spiro atoms. The first kappa shape index (κ1) is 17.2. The van der Waals surface area contributed by atoms with E-state index in [2.05, 4.69) is 15.0 Å². The molecule has 1 fully saturated rings. The van der Waals surface area contributed by atoms with E-state index in [1.54, 1.807) is 18.3 Å². The first-order valence-electron chi connectivity index (χ1n) is 7.74. The molecule has 23 heavy (non-hydrogen) atoms. The summed E-state index contributed by atoms with van der Waals surface area (Å²) in [6.07, 6.45) is 4.10. The van der Waals surface area contributed by atoms with Gasteiger partial charge in [-0.15, -0.1) is 0 Å². The molecule has 1 N–H and O–H groups in total. The lowest BCUT2D eigenvalue weighted by molar-refractivity contribution is -0.140. The summed E-state index contributed by atoms with van der Waals surface area (Å²) in [6.45, 7) is 1.78. The van der Waals surface area contributed by atoms with E-state index in [1.807, 2.05) is 0 Å². The SMILES string of the molecule is COC(=O)CCCNC(=O)c1ccnc(OC2CCOCC2)c1. The van der Waals surface area contributed by atoms with Gasteiger partial charge in [0.15, 0.2) is 0 Å². The Labute approximate surface area is 135 Å². The van der Waals surface area contributed by atoms with E-state index < -0.39 is 0 Å². The highest BCUT2D eigenvalue weighted by Crippen LogP contribution is 2.16. The summed E-state index contributed by atoms with van der Waals surface area (Å²) in [6, 6.07) is 3.26. The van der Waals surface area contributed by atoms with Crippen LogP contribution in [0.15, 0.2) is 18.3 Å². The topological polar surface area (TPSA) is 86.8 Å². The number of rotatable bonds is 7. The number of amides is 1. The lowest BCUT2D eigenvalue weighted by Crippen LogP contribution is -2.27. The quantitative estimate of drug-likeness (QED) is 0.602. The van der Waals surface area contributed by atoms with Gasteiger partial charge in [0.05, 0.1) is 20.3 Å². The Morgan fingerprint density at radius 2 is 2.17 bits per heavy atom. The van der Waals surface area contributed by atoms with Crippen LogP contribution in [0.3, 0.4) is 0 Å². The maximum Gasteiger partial charge on any atom is 0.305 e. The predicted octanol–water partition coefficient (Wildman–Crippen LogP) is 1.32. The van der Waals surface area contributed by atoms with Crippen LogP contribution < -0.4 is 10.1 Å². The van der Waals surface area contributed by atoms with Crippen LogP contribution in [-0.4, -0.2) is 49.8 Å². The fourth-order valence-corrected chi connectivity index (χ4v) is 2.22. The molecule has 0 radical (unpaired) electrons. The summed E-state index contributed by atoms with van der Waals surface area (Å²) < 4.78 is 15.6. The summed E-state index contributed by atoms with van der Waals surface area (Å²) in [5.74, 6) is -0.0523. The molecule has 0 saturated carbocycles. The minimum Gasteiger partial charge on any atom is -0.474 e. The molecule has 7 nitrogen and oxygen atoms in total. The van der Waals surface area contributed by atoms with Crippen LogP contribution in [0.4, 0.5) is 0 Å². The smallest absolute Gasteiger partial charge is 0.305 e. The van der Waals surface area contributed by atoms with Gasteiger partial charge >= 0.3 is 5.97 Å². The van der Waals surface area contributed by atoms with Crippen molar-refractivity contribution in [2.24, 2.45) is 0 Å². The first-order chi connectivity index (χ1) is 11.2. The largest absolute Gasteiger partial charge is 0.474 e. The van der Waals surface area contributed by atoms with E-state index >= 15 is 0 Å². The number of carbonyl (C=O) groups excluding carboxylic acids is 2. The van der Waals surface area contributed by atoms with Gasteiger partial charge in [-0.25, -0.2) is 4.98 Å². The summed E-state index contributed by atoms with van der Waals surface area (Å²) >= 11 is 0. The van der Waals surface area contributed by atoms with Crippen LogP contribution in [0.5, 0.6) is 5.88 Å². The van der Waals surface area contributed by atoms with Gasteiger partial charge in [0.2, 0.25) is 5.88 Å². The van der Waals surface area contributed by atoms with E-state index in [9.17, 15) is 9.59 Å². The number of hydrogen-bond acceptors (Lipinski definition) is 6. The second-order valence-electron chi connectivity index (χ2n) is 5.25. The molecule has 0 bridgehead atoms. The Morgan fingerprint density at radius 3 is 2.91 bits per heavy atom. The lowest BCUT2D eigenvalue weighted by Gasteiger charge is -2.22. The fourth-order valence-electron chi connectivity index (χ4n) is 2.22. The van der Waals surface area contributed by atoms with Gasteiger partial charge in [0.25, 0.3) is 5.91 Å². The standard InChI is InChI=1S/C16H22N2O5/c1-21-15(19)3-2-7-18-16(20)12-4-8-17-14(11-12)23-13-5-9-22-10-6-13/h4,8,11,13H,2-3,5-7,9-10H2,1H3,(H,18,20). The monoisotopic (exact) mass is 322 g/mol. The van der Waals surface area contributed by atoms with Crippen molar-refractivity contribution < 1.29 is 23.8 Å². The number of methoxy groups -OCH3 is 1. The van der Waals surface area contributed by atoms with Gasteiger partial charge in [0, 0.05) is 43.6 Å². The molecule has 7 heteroatoms. The van der Waals surface area contributed by atoms with Crippen molar-refractivity contribution >= 4 is 11.9 Å². The maximum atomic E-state index is 12.1. The molecule has 126 valence electrons. The Balaban J connectivity index is 1.80. The van der Waals surface area contributed by atoms with Crippen LogP contribution in [0, 0.1) is 0 Å². The van der Waals surface area contributed by atoms with E-state index in [0.717, 1.165) is 12.8 Å².